The van der Waals surface area contributed by atoms with Crippen molar-refractivity contribution in [3.05, 3.63) is 64.5 Å². The minimum Gasteiger partial charge on any atom is -0.378 e. The lowest BCUT2D eigenvalue weighted by Crippen LogP contribution is -2.42. The van der Waals surface area contributed by atoms with Crippen LogP contribution in [0.2, 0.25) is 0 Å². The van der Waals surface area contributed by atoms with Crippen LogP contribution in [0.4, 0.5) is 10.1 Å². The van der Waals surface area contributed by atoms with Crippen molar-refractivity contribution in [2.24, 2.45) is 10.9 Å². The number of rotatable bonds is 5. The molecular weight excluding hydrogens is 487 g/mol. The summed E-state index contributed by atoms with van der Waals surface area (Å²) < 4.78 is 19.7. The number of fused-ring (bicyclic) bond motifs is 1. The molecule has 0 radical (unpaired) electrons. The summed E-state index contributed by atoms with van der Waals surface area (Å²) in [6.07, 6.45) is 8.58. The van der Waals surface area contributed by atoms with Crippen LogP contribution in [0.5, 0.6) is 0 Å². The summed E-state index contributed by atoms with van der Waals surface area (Å²) >= 11 is 0. The zero-order valence-corrected chi connectivity index (χ0v) is 21.4. The Hall–Kier alpha value is -3.59. The summed E-state index contributed by atoms with van der Waals surface area (Å²) in [5, 5.41) is 3.06. The van der Waals surface area contributed by atoms with Gasteiger partial charge in [0.2, 0.25) is 5.91 Å². The molecule has 1 unspecified atom stereocenters. The maximum Gasteiger partial charge on any atom is 0.270 e. The number of amides is 3. The van der Waals surface area contributed by atoms with E-state index >= 15 is 0 Å². The fraction of sp³-hybridized carbons (Fsp3) is 0.448. The number of dihydropyridines is 1. The van der Waals surface area contributed by atoms with Gasteiger partial charge in [0, 0.05) is 43.9 Å². The van der Waals surface area contributed by atoms with E-state index in [9.17, 15) is 18.8 Å². The molecule has 3 amide bonds. The van der Waals surface area contributed by atoms with Crippen molar-refractivity contribution >= 4 is 29.1 Å². The summed E-state index contributed by atoms with van der Waals surface area (Å²) in [4.78, 5) is 46.9. The van der Waals surface area contributed by atoms with Gasteiger partial charge in [-0.3, -0.25) is 14.4 Å². The SMILES string of the molecule is Cc1cc(C(=O)N2CCOCC2)c(N2CC[C@@H](NC(=O)C3=CC(=O)N=C4C(F)=CC=CC34)C2)c(C2CC2)c1. The fourth-order valence-electron chi connectivity index (χ4n) is 5.85. The highest BCUT2D eigenvalue weighted by Crippen LogP contribution is 2.47. The quantitative estimate of drug-likeness (QED) is 0.647. The van der Waals surface area contributed by atoms with Gasteiger partial charge in [-0.2, -0.15) is 0 Å². The Labute approximate surface area is 220 Å². The summed E-state index contributed by atoms with van der Waals surface area (Å²) in [6.45, 7) is 5.52. The van der Waals surface area contributed by atoms with Crippen molar-refractivity contribution in [3.8, 4) is 0 Å². The first-order valence-corrected chi connectivity index (χ1v) is 13.3. The molecule has 1 saturated carbocycles. The molecule has 1 aromatic carbocycles. The Bertz CT molecular complexity index is 1320. The molecule has 38 heavy (non-hydrogen) atoms. The molecule has 2 saturated heterocycles. The van der Waals surface area contributed by atoms with Gasteiger partial charge >= 0.3 is 0 Å². The van der Waals surface area contributed by atoms with Crippen LogP contribution in [0.15, 0.2) is 52.8 Å². The molecule has 0 bridgehead atoms. The molecule has 5 aliphatic rings. The summed E-state index contributed by atoms with van der Waals surface area (Å²) in [5.74, 6) is -1.82. The van der Waals surface area contributed by atoms with Crippen molar-refractivity contribution in [1.82, 2.24) is 10.2 Å². The zero-order chi connectivity index (χ0) is 26.4. The standard InChI is InChI=1S/C29H31FN4O4/c1-17-13-21(18-5-6-18)27(23(14-17)29(37)33-9-11-38-12-10-33)34-8-7-19(16-34)31-28(36)22-15-25(35)32-26-20(22)3-2-4-24(26)30/h2-4,13-15,18-20H,5-12,16H2,1H3,(H,31,36)/t19-,20?/m1/s1. The highest BCUT2D eigenvalue weighted by molar-refractivity contribution is 6.19. The molecule has 1 N–H and O–H groups in total. The molecule has 198 valence electrons. The number of benzene rings is 1. The first-order chi connectivity index (χ1) is 18.4. The number of morpholine rings is 1. The summed E-state index contributed by atoms with van der Waals surface area (Å²) in [6, 6.07) is 4.02. The van der Waals surface area contributed by atoms with Gasteiger partial charge in [0.05, 0.1) is 36.1 Å². The lowest BCUT2D eigenvalue weighted by molar-refractivity contribution is -0.119. The van der Waals surface area contributed by atoms with E-state index in [0.29, 0.717) is 51.7 Å². The number of aliphatic imine (C=N–C) groups is 1. The average molecular weight is 519 g/mol. The van der Waals surface area contributed by atoms with Crippen LogP contribution in [0.3, 0.4) is 0 Å². The molecule has 6 rings (SSSR count). The van der Waals surface area contributed by atoms with Crippen molar-refractivity contribution in [2.45, 2.75) is 38.1 Å². The third-order valence-electron chi connectivity index (χ3n) is 7.86. The van der Waals surface area contributed by atoms with Gasteiger partial charge in [-0.1, -0.05) is 18.2 Å². The van der Waals surface area contributed by atoms with E-state index in [-0.39, 0.29) is 23.2 Å². The Morgan fingerprint density at radius 1 is 1.13 bits per heavy atom. The van der Waals surface area contributed by atoms with E-state index in [0.717, 1.165) is 29.7 Å². The van der Waals surface area contributed by atoms with Crippen molar-refractivity contribution in [1.29, 1.82) is 0 Å². The van der Waals surface area contributed by atoms with Gasteiger partial charge in [-0.05, 0) is 55.4 Å². The molecule has 1 aromatic rings. The number of allylic oxidation sites excluding steroid dienone is 4. The summed E-state index contributed by atoms with van der Waals surface area (Å²) in [7, 11) is 0. The number of carbonyl (C=O) groups excluding carboxylic acids is 3. The van der Waals surface area contributed by atoms with E-state index in [1.54, 1.807) is 6.08 Å². The van der Waals surface area contributed by atoms with E-state index in [4.69, 9.17) is 4.74 Å². The second-order valence-corrected chi connectivity index (χ2v) is 10.6. The highest BCUT2D eigenvalue weighted by Gasteiger charge is 2.37. The van der Waals surface area contributed by atoms with Gasteiger partial charge in [0.25, 0.3) is 11.8 Å². The Balaban J connectivity index is 1.22. The van der Waals surface area contributed by atoms with Gasteiger partial charge in [0.1, 0.15) is 5.83 Å². The second-order valence-electron chi connectivity index (χ2n) is 10.6. The van der Waals surface area contributed by atoms with Crippen LogP contribution in [0, 0.1) is 12.8 Å². The van der Waals surface area contributed by atoms with E-state index < -0.39 is 23.6 Å². The topological polar surface area (TPSA) is 91.3 Å². The van der Waals surface area contributed by atoms with Crippen LogP contribution in [-0.2, 0) is 14.3 Å². The largest absolute Gasteiger partial charge is 0.378 e. The molecule has 9 heteroatoms. The third-order valence-corrected chi connectivity index (χ3v) is 7.86. The molecular formula is C29H31FN4O4. The summed E-state index contributed by atoms with van der Waals surface area (Å²) in [5.41, 5.74) is 4.18. The van der Waals surface area contributed by atoms with Crippen molar-refractivity contribution in [3.63, 3.8) is 0 Å². The number of halogens is 1. The smallest absolute Gasteiger partial charge is 0.270 e. The lowest BCUT2D eigenvalue weighted by atomic mass is 9.87. The normalized spacial score (nSPS) is 25.0. The predicted octanol–water partition coefficient (Wildman–Crippen LogP) is 2.99. The van der Waals surface area contributed by atoms with E-state index in [2.05, 4.69) is 21.3 Å². The number of anilines is 1. The first-order valence-electron chi connectivity index (χ1n) is 13.3. The highest BCUT2D eigenvalue weighted by atomic mass is 19.1. The molecule has 3 fully saturated rings. The molecule has 2 atom stereocenters. The molecule has 0 spiro atoms. The molecule has 2 aliphatic carbocycles. The van der Waals surface area contributed by atoms with Crippen LogP contribution >= 0.6 is 0 Å². The minimum absolute atomic E-state index is 0.0156. The number of hydrogen-bond acceptors (Lipinski definition) is 5. The molecule has 8 nitrogen and oxygen atoms in total. The van der Waals surface area contributed by atoms with E-state index in [1.165, 1.54) is 23.8 Å². The number of nitrogens with one attached hydrogen (secondary N) is 1. The Morgan fingerprint density at radius 2 is 1.92 bits per heavy atom. The molecule has 3 heterocycles. The van der Waals surface area contributed by atoms with Gasteiger partial charge < -0.3 is 19.9 Å². The average Bonchev–Trinajstić information content (AvgIpc) is 3.67. The van der Waals surface area contributed by atoms with Crippen LogP contribution in [0.1, 0.15) is 46.7 Å². The number of hydrogen-bond donors (Lipinski definition) is 1. The lowest BCUT2D eigenvalue weighted by Gasteiger charge is -2.31. The predicted molar refractivity (Wildman–Crippen MR) is 141 cm³/mol. The van der Waals surface area contributed by atoms with E-state index in [1.807, 2.05) is 17.9 Å². The van der Waals surface area contributed by atoms with Crippen LogP contribution in [0.25, 0.3) is 0 Å². The number of nitrogens with zero attached hydrogens (tertiary/aromatic N) is 3. The second kappa shape index (κ2) is 9.94. The molecule has 3 aliphatic heterocycles. The monoisotopic (exact) mass is 518 g/mol. The number of ether oxygens (including phenoxy) is 1. The van der Waals surface area contributed by atoms with Crippen molar-refractivity contribution < 1.29 is 23.5 Å². The maximum absolute atomic E-state index is 14.3. The number of carbonyl (C=O) groups is 3. The van der Waals surface area contributed by atoms with Gasteiger partial charge in [0.15, 0.2) is 0 Å². The first kappa shape index (κ1) is 24.7. The van der Waals surface area contributed by atoms with Crippen molar-refractivity contribution in [2.75, 3.05) is 44.3 Å². The fourth-order valence-corrected chi connectivity index (χ4v) is 5.85. The minimum atomic E-state index is -0.675. The third kappa shape index (κ3) is 4.71. The molecule has 0 aromatic heterocycles. The Morgan fingerprint density at radius 3 is 2.68 bits per heavy atom. The van der Waals surface area contributed by atoms with Crippen LogP contribution in [-0.4, -0.2) is 73.8 Å². The van der Waals surface area contributed by atoms with Gasteiger partial charge in [-0.25, -0.2) is 9.38 Å². The maximum atomic E-state index is 14.3. The van der Waals surface area contributed by atoms with Gasteiger partial charge in [-0.15, -0.1) is 0 Å². The van der Waals surface area contributed by atoms with Crippen LogP contribution < -0.4 is 10.2 Å². The zero-order valence-electron chi connectivity index (χ0n) is 21.4. The Kier molecular flexibility index (Phi) is 6.47. The number of aryl methyl sites for hydroxylation is 1.